The van der Waals surface area contributed by atoms with Crippen molar-refractivity contribution in [2.45, 2.75) is 5.92 Å². The van der Waals surface area contributed by atoms with Crippen molar-refractivity contribution in [3.05, 3.63) is 117 Å². The fraction of sp³-hybridized carbons (Fsp3) is 0.0769. The smallest absolute Gasteiger partial charge is 0.323 e. The number of ketones is 1. The minimum atomic E-state index is -1.18. The van der Waals surface area contributed by atoms with Crippen LogP contribution >= 0.6 is 11.6 Å². The van der Waals surface area contributed by atoms with Gasteiger partial charge in [0.2, 0.25) is 0 Å². The largest absolute Gasteiger partial charge is 0.425 e. The number of nitro groups is 1. The number of rotatable bonds is 5. The van der Waals surface area contributed by atoms with Crippen LogP contribution in [0.5, 0.6) is 5.75 Å². The van der Waals surface area contributed by atoms with E-state index < -0.39 is 22.7 Å². The summed E-state index contributed by atoms with van der Waals surface area (Å²) in [5, 5.41) is 11.2. The number of para-hydroxylation sites is 1. The first kappa shape index (κ1) is 22.4. The third kappa shape index (κ3) is 4.27. The van der Waals surface area contributed by atoms with Gasteiger partial charge in [-0.3, -0.25) is 19.7 Å². The maximum Gasteiger partial charge on any atom is 0.323 e. The van der Waals surface area contributed by atoms with E-state index in [0.717, 1.165) is 11.1 Å². The molecule has 9 heteroatoms. The van der Waals surface area contributed by atoms with Crippen LogP contribution in [0.4, 0.5) is 5.69 Å². The zero-order chi connectivity index (χ0) is 24.5. The van der Waals surface area contributed by atoms with Gasteiger partial charge in [0.1, 0.15) is 17.5 Å². The highest BCUT2D eigenvalue weighted by Gasteiger charge is 2.44. The van der Waals surface area contributed by atoms with Crippen molar-refractivity contribution in [3.8, 4) is 16.9 Å². The molecular weight excluding hydrogens is 470 g/mol. The van der Waals surface area contributed by atoms with E-state index in [2.05, 4.69) is 9.97 Å². The second-order valence-electron chi connectivity index (χ2n) is 7.92. The minimum absolute atomic E-state index is 0.0000686. The molecule has 0 amide bonds. The van der Waals surface area contributed by atoms with Crippen LogP contribution in [0.25, 0.3) is 11.1 Å². The summed E-state index contributed by atoms with van der Waals surface area (Å²) in [5.74, 6) is -2.57. The van der Waals surface area contributed by atoms with Gasteiger partial charge in [-0.1, -0.05) is 48.0 Å². The number of Topliss-reactive ketones (excluding diaryl/α,β-unsaturated/α-hetero) is 1. The molecule has 0 saturated carbocycles. The van der Waals surface area contributed by atoms with Crippen LogP contribution in [0.2, 0.25) is 5.02 Å². The molecule has 1 aliphatic heterocycles. The standard InChI is InChI=1S/C26H16ClN3O5/c27-18-13-28-25(29-14-18)22(23-24(31)20-3-1-2-4-21(20)35-26(23)32)17-7-5-15(6-8-17)16-9-11-19(12-10-16)30(33)34/h1-14,22-23H. The molecule has 0 N–H and O–H groups in total. The van der Waals surface area contributed by atoms with Crippen LogP contribution in [0.1, 0.15) is 27.7 Å². The van der Waals surface area contributed by atoms with E-state index in [1.807, 2.05) is 12.1 Å². The number of carbonyl (C=O) groups is 2. The second-order valence-corrected chi connectivity index (χ2v) is 8.36. The van der Waals surface area contributed by atoms with Crippen molar-refractivity contribution in [2.75, 3.05) is 0 Å². The molecule has 4 aromatic rings. The predicted molar refractivity (Wildman–Crippen MR) is 127 cm³/mol. The van der Waals surface area contributed by atoms with Crippen LogP contribution in [0.3, 0.4) is 0 Å². The van der Waals surface area contributed by atoms with Gasteiger partial charge in [0, 0.05) is 24.5 Å². The van der Waals surface area contributed by atoms with Gasteiger partial charge in [-0.25, -0.2) is 9.97 Å². The van der Waals surface area contributed by atoms with Crippen molar-refractivity contribution in [1.29, 1.82) is 0 Å². The fourth-order valence-corrected chi connectivity index (χ4v) is 4.22. The zero-order valence-electron chi connectivity index (χ0n) is 18.0. The lowest BCUT2D eigenvalue weighted by molar-refractivity contribution is -0.384. The summed E-state index contributed by atoms with van der Waals surface area (Å²) in [5.41, 5.74) is 2.54. The summed E-state index contributed by atoms with van der Waals surface area (Å²) in [7, 11) is 0. The molecule has 0 aliphatic carbocycles. The molecule has 1 aliphatic rings. The van der Waals surface area contributed by atoms with Crippen LogP contribution < -0.4 is 4.74 Å². The Morgan fingerprint density at radius 1 is 0.886 bits per heavy atom. The van der Waals surface area contributed by atoms with Crippen molar-refractivity contribution in [2.24, 2.45) is 5.92 Å². The van der Waals surface area contributed by atoms with E-state index in [1.165, 1.54) is 24.5 Å². The van der Waals surface area contributed by atoms with Crippen molar-refractivity contribution in [1.82, 2.24) is 9.97 Å². The van der Waals surface area contributed by atoms with E-state index >= 15 is 0 Å². The lowest BCUT2D eigenvalue weighted by Gasteiger charge is -2.28. The van der Waals surface area contributed by atoms with E-state index in [9.17, 15) is 19.7 Å². The van der Waals surface area contributed by atoms with Crippen molar-refractivity contribution < 1.29 is 19.2 Å². The average molecular weight is 486 g/mol. The molecule has 172 valence electrons. The fourth-order valence-electron chi connectivity index (χ4n) is 4.13. The highest BCUT2D eigenvalue weighted by molar-refractivity contribution is 6.30. The van der Waals surface area contributed by atoms with E-state index in [-0.39, 0.29) is 23.0 Å². The van der Waals surface area contributed by atoms with Gasteiger partial charge in [0.15, 0.2) is 5.78 Å². The zero-order valence-corrected chi connectivity index (χ0v) is 18.8. The van der Waals surface area contributed by atoms with Gasteiger partial charge >= 0.3 is 5.97 Å². The van der Waals surface area contributed by atoms with Gasteiger partial charge in [-0.15, -0.1) is 0 Å². The number of fused-ring (bicyclic) bond motifs is 1. The predicted octanol–water partition coefficient (Wildman–Crippen LogP) is 5.26. The topological polar surface area (TPSA) is 112 Å². The Morgan fingerprint density at radius 3 is 2.11 bits per heavy atom. The molecule has 2 heterocycles. The molecule has 2 unspecified atom stereocenters. The lowest BCUT2D eigenvalue weighted by Crippen LogP contribution is -2.38. The minimum Gasteiger partial charge on any atom is -0.425 e. The Hall–Kier alpha value is -4.43. The normalized spacial score (nSPS) is 15.7. The molecular formula is C26H16ClN3O5. The summed E-state index contributed by atoms with van der Waals surface area (Å²) in [6.45, 7) is 0. The molecule has 0 bridgehead atoms. The maximum atomic E-state index is 13.4. The van der Waals surface area contributed by atoms with Crippen LogP contribution in [0, 0.1) is 16.0 Å². The molecule has 8 nitrogen and oxygen atoms in total. The molecule has 0 fully saturated rings. The number of nitro benzene ring substituents is 1. The Morgan fingerprint density at radius 2 is 1.49 bits per heavy atom. The van der Waals surface area contributed by atoms with Crippen LogP contribution in [-0.2, 0) is 4.79 Å². The van der Waals surface area contributed by atoms with Crippen LogP contribution in [0.15, 0.2) is 85.2 Å². The number of esters is 1. The number of halogens is 1. The van der Waals surface area contributed by atoms with Gasteiger partial charge in [0.05, 0.1) is 21.4 Å². The highest BCUT2D eigenvalue weighted by Crippen LogP contribution is 2.39. The summed E-state index contributed by atoms with van der Waals surface area (Å²) in [6.07, 6.45) is 2.82. The summed E-state index contributed by atoms with van der Waals surface area (Å²) in [4.78, 5) is 45.5. The third-order valence-corrected chi connectivity index (χ3v) is 6.03. The first-order valence-electron chi connectivity index (χ1n) is 10.6. The molecule has 0 spiro atoms. The van der Waals surface area contributed by atoms with E-state index in [0.29, 0.717) is 16.1 Å². The Kier molecular flexibility index (Phi) is 5.80. The van der Waals surface area contributed by atoms with Crippen molar-refractivity contribution in [3.63, 3.8) is 0 Å². The molecule has 0 radical (unpaired) electrons. The molecule has 1 aromatic heterocycles. The number of hydrogen-bond acceptors (Lipinski definition) is 7. The lowest BCUT2D eigenvalue weighted by atomic mass is 9.79. The number of nitrogens with zero attached hydrogens (tertiary/aromatic N) is 3. The van der Waals surface area contributed by atoms with Gasteiger partial charge in [-0.2, -0.15) is 0 Å². The summed E-state index contributed by atoms with van der Waals surface area (Å²) < 4.78 is 5.49. The van der Waals surface area contributed by atoms with Crippen molar-refractivity contribution >= 4 is 29.0 Å². The number of ether oxygens (including phenoxy) is 1. The monoisotopic (exact) mass is 485 g/mol. The summed E-state index contributed by atoms with van der Waals surface area (Å²) >= 11 is 5.97. The quantitative estimate of drug-likeness (QED) is 0.125. The number of non-ortho nitro benzene ring substituents is 1. The number of carbonyl (C=O) groups excluding carboxylic acids is 2. The molecule has 2 atom stereocenters. The second kappa shape index (κ2) is 9.08. The van der Waals surface area contributed by atoms with Gasteiger partial charge in [0.25, 0.3) is 5.69 Å². The molecule has 35 heavy (non-hydrogen) atoms. The number of benzene rings is 3. The number of hydrogen-bond donors (Lipinski definition) is 0. The van der Waals surface area contributed by atoms with E-state index in [4.69, 9.17) is 16.3 Å². The first-order valence-corrected chi connectivity index (χ1v) is 11.0. The SMILES string of the molecule is O=C1Oc2ccccc2C(=O)C1C(c1ccc(-c2ccc([N+](=O)[O-])cc2)cc1)c1ncc(Cl)cn1. The first-order chi connectivity index (χ1) is 16.9. The average Bonchev–Trinajstić information content (AvgIpc) is 2.87. The molecule has 5 rings (SSSR count). The van der Waals surface area contributed by atoms with E-state index in [1.54, 1.807) is 48.5 Å². The summed E-state index contributed by atoms with van der Waals surface area (Å²) in [6, 6.07) is 20.0. The highest BCUT2D eigenvalue weighted by atomic mass is 35.5. The van der Waals surface area contributed by atoms with Gasteiger partial charge in [-0.05, 0) is 41.0 Å². The molecule has 0 saturated heterocycles. The Balaban J connectivity index is 1.55. The van der Waals surface area contributed by atoms with Gasteiger partial charge < -0.3 is 4.74 Å². The maximum absolute atomic E-state index is 13.4. The Labute approximate surface area is 204 Å². The Bertz CT molecular complexity index is 1440. The molecule has 3 aromatic carbocycles. The third-order valence-electron chi connectivity index (χ3n) is 5.83. The number of aromatic nitrogens is 2. The van der Waals surface area contributed by atoms with Crippen LogP contribution in [-0.4, -0.2) is 26.6 Å².